The van der Waals surface area contributed by atoms with E-state index in [-0.39, 0.29) is 0 Å². The van der Waals surface area contributed by atoms with Gasteiger partial charge in [-0.3, -0.25) is 9.80 Å². The molecule has 2 heterocycles. The zero-order valence-corrected chi connectivity index (χ0v) is 15.6. The Kier molecular flexibility index (Phi) is 5.88. The normalized spacial score (nSPS) is 21.8. The smallest absolute Gasteiger partial charge is 0.119 e. The number of nitrogens with zero attached hydrogens (tertiary/aromatic N) is 2. The Balaban J connectivity index is 1.28. The molecule has 4 rings (SSSR count). The molecular formula is C23H30N2O. The first-order valence-electron chi connectivity index (χ1n) is 10.1. The molecule has 2 aromatic rings. The molecule has 0 amide bonds. The van der Waals surface area contributed by atoms with Crippen molar-refractivity contribution in [1.29, 1.82) is 0 Å². The molecule has 2 fully saturated rings. The molecule has 3 heteroatoms. The molecule has 0 N–H and O–H groups in total. The van der Waals surface area contributed by atoms with Crippen molar-refractivity contribution in [2.45, 2.75) is 44.9 Å². The van der Waals surface area contributed by atoms with Crippen molar-refractivity contribution in [2.75, 3.05) is 26.2 Å². The Labute approximate surface area is 157 Å². The van der Waals surface area contributed by atoms with Crippen molar-refractivity contribution >= 4 is 0 Å². The average molecular weight is 351 g/mol. The van der Waals surface area contributed by atoms with Gasteiger partial charge in [0.2, 0.25) is 0 Å². The summed E-state index contributed by atoms with van der Waals surface area (Å²) in [6, 6.07) is 19.8. The van der Waals surface area contributed by atoms with Crippen LogP contribution in [0.15, 0.2) is 54.6 Å². The van der Waals surface area contributed by atoms with Crippen LogP contribution < -0.4 is 4.74 Å². The second-order valence-corrected chi connectivity index (χ2v) is 7.69. The number of hydrogen-bond acceptors (Lipinski definition) is 3. The first kappa shape index (κ1) is 17.6. The maximum absolute atomic E-state index is 5.90. The van der Waals surface area contributed by atoms with Gasteiger partial charge in [0.05, 0.1) is 0 Å². The first-order valence-corrected chi connectivity index (χ1v) is 10.1. The van der Waals surface area contributed by atoms with E-state index >= 15 is 0 Å². The number of benzene rings is 2. The van der Waals surface area contributed by atoms with E-state index in [9.17, 15) is 0 Å². The lowest BCUT2D eigenvalue weighted by atomic mass is 10.0. The third-order valence-electron chi connectivity index (χ3n) is 5.72. The zero-order valence-electron chi connectivity index (χ0n) is 15.6. The summed E-state index contributed by atoms with van der Waals surface area (Å²) in [4.78, 5) is 5.35. The van der Waals surface area contributed by atoms with Crippen LogP contribution in [0.2, 0.25) is 0 Å². The van der Waals surface area contributed by atoms with E-state index in [4.69, 9.17) is 4.74 Å². The fraction of sp³-hybridized carbons (Fsp3) is 0.478. The molecule has 0 aliphatic carbocycles. The average Bonchev–Trinajstić information content (AvgIpc) is 3.23. The summed E-state index contributed by atoms with van der Waals surface area (Å²) in [5.41, 5.74) is 2.59. The van der Waals surface area contributed by atoms with Gasteiger partial charge in [-0.2, -0.15) is 0 Å². The fourth-order valence-electron chi connectivity index (χ4n) is 4.27. The largest absolute Gasteiger partial charge is 0.489 e. The highest BCUT2D eigenvalue weighted by Gasteiger charge is 2.26. The highest BCUT2D eigenvalue weighted by atomic mass is 16.5. The molecule has 3 nitrogen and oxygen atoms in total. The van der Waals surface area contributed by atoms with Gasteiger partial charge in [-0.1, -0.05) is 42.5 Å². The summed E-state index contributed by atoms with van der Waals surface area (Å²) >= 11 is 0. The van der Waals surface area contributed by atoms with E-state index in [0.29, 0.717) is 6.61 Å². The summed E-state index contributed by atoms with van der Waals surface area (Å²) in [6.45, 7) is 6.77. The summed E-state index contributed by atoms with van der Waals surface area (Å²) in [6.07, 6.45) is 5.49. The topological polar surface area (TPSA) is 15.7 Å². The van der Waals surface area contributed by atoms with E-state index in [1.165, 1.54) is 63.0 Å². The van der Waals surface area contributed by atoms with E-state index in [0.717, 1.165) is 18.3 Å². The van der Waals surface area contributed by atoms with Gasteiger partial charge < -0.3 is 4.74 Å². The molecule has 26 heavy (non-hydrogen) atoms. The van der Waals surface area contributed by atoms with Gasteiger partial charge in [-0.15, -0.1) is 0 Å². The predicted molar refractivity (Wildman–Crippen MR) is 106 cm³/mol. The second-order valence-electron chi connectivity index (χ2n) is 7.69. The van der Waals surface area contributed by atoms with E-state index in [1.807, 2.05) is 6.07 Å². The number of ether oxygens (including phenoxy) is 1. The van der Waals surface area contributed by atoms with Gasteiger partial charge in [0.25, 0.3) is 0 Å². The number of hydrogen-bond donors (Lipinski definition) is 0. The van der Waals surface area contributed by atoms with Crippen LogP contribution in [0.4, 0.5) is 0 Å². The van der Waals surface area contributed by atoms with Crippen LogP contribution in [-0.4, -0.2) is 42.0 Å². The SMILES string of the molecule is c1ccc(COc2ccc(CN3CCCC(N4CCCC4)C3)cc2)cc1. The van der Waals surface area contributed by atoms with Crippen molar-refractivity contribution in [3.05, 3.63) is 65.7 Å². The summed E-state index contributed by atoms with van der Waals surface area (Å²) in [5, 5.41) is 0. The zero-order chi connectivity index (χ0) is 17.6. The third-order valence-corrected chi connectivity index (χ3v) is 5.72. The molecule has 0 spiro atoms. The molecular weight excluding hydrogens is 320 g/mol. The Morgan fingerprint density at radius 1 is 0.808 bits per heavy atom. The Hall–Kier alpha value is -1.84. The molecule has 0 bridgehead atoms. The Morgan fingerprint density at radius 3 is 2.35 bits per heavy atom. The Morgan fingerprint density at radius 2 is 1.58 bits per heavy atom. The number of piperidine rings is 1. The molecule has 2 aromatic carbocycles. The van der Waals surface area contributed by atoms with Crippen LogP contribution in [0.1, 0.15) is 36.8 Å². The van der Waals surface area contributed by atoms with Crippen LogP contribution in [0.5, 0.6) is 5.75 Å². The predicted octanol–water partition coefficient (Wildman–Crippen LogP) is 4.33. The van der Waals surface area contributed by atoms with Crippen molar-refractivity contribution < 1.29 is 4.74 Å². The summed E-state index contributed by atoms with van der Waals surface area (Å²) in [5.74, 6) is 0.950. The first-order chi connectivity index (χ1) is 12.9. The quantitative estimate of drug-likeness (QED) is 0.771. The number of likely N-dealkylation sites (tertiary alicyclic amines) is 2. The molecule has 0 aromatic heterocycles. The lowest BCUT2D eigenvalue weighted by Gasteiger charge is -2.37. The minimum atomic E-state index is 0.629. The van der Waals surface area contributed by atoms with Gasteiger partial charge in [0.1, 0.15) is 12.4 Å². The highest BCUT2D eigenvalue weighted by molar-refractivity contribution is 5.28. The summed E-state index contributed by atoms with van der Waals surface area (Å²) in [7, 11) is 0. The van der Waals surface area contributed by atoms with Crippen molar-refractivity contribution in [2.24, 2.45) is 0 Å². The third kappa shape index (κ3) is 4.66. The van der Waals surface area contributed by atoms with E-state index in [1.54, 1.807) is 0 Å². The van der Waals surface area contributed by atoms with Gasteiger partial charge in [0, 0.05) is 19.1 Å². The van der Waals surface area contributed by atoms with E-state index in [2.05, 4.69) is 58.3 Å². The monoisotopic (exact) mass is 350 g/mol. The molecule has 1 atom stereocenters. The van der Waals surface area contributed by atoms with E-state index < -0.39 is 0 Å². The van der Waals surface area contributed by atoms with Crippen LogP contribution in [0, 0.1) is 0 Å². The number of rotatable bonds is 6. The van der Waals surface area contributed by atoms with Gasteiger partial charge in [-0.25, -0.2) is 0 Å². The van der Waals surface area contributed by atoms with Crippen molar-refractivity contribution in [1.82, 2.24) is 9.80 Å². The highest BCUT2D eigenvalue weighted by Crippen LogP contribution is 2.22. The molecule has 2 aliphatic rings. The maximum Gasteiger partial charge on any atom is 0.119 e. The van der Waals surface area contributed by atoms with Crippen LogP contribution >= 0.6 is 0 Å². The fourth-order valence-corrected chi connectivity index (χ4v) is 4.27. The molecule has 2 aliphatic heterocycles. The van der Waals surface area contributed by atoms with Gasteiger partial charge in [0.15, 0.2) is 0 Å². The standard InChI is InChI=1S/C23H30N2O/c1-2-7-21(8-3-1)19-26-23-12-10-20(11-13-23)17-24-14-6-9-22(18-24)25-15-4-5-16-25/h1-3,7-8,10-13,22H,4-6,9,14-19H2. The van der Waals surface area contributed by atoms with Crippen LogP contribution in [0.3, 0.4) is 0 Å². The molecule has 1 unspecified atom stereocenters. The van der Waals surface area contributed by atoms with Crippen LogP contribution in [0.25, 0.3) is 0 Å². The lowest BCUT2D eigenvalue weighted by Crippen LogP contribution is -2.46. The lowest BCUT2D eigenvalue weighted by molar-refractivity contribution is 0.110. The minimum Gasteiger partial charge on any atom is -0.489 e. The second kappa shape index (κ2) is 8.70. The minimum absolute atomic E-state index is 0.629. The molecule has 2 saturated heterocycles. The molecule has 138 valence electrons. The maximum atomic E-state index is 5.90. The summed E-state index contributed by atoms with van der Waals surface area (Å²) < 4.78 is 5.90. The van der Waals surface area contributed by atoms with Crippen molar-refractivity contribution in [3.8, 4) is 5.75 Å². The van der Waals surface area contributed by atoms with Gasteiger partial charge in [-0.05, 0) is 68.6 Å². The Bertz CT molecular complexity index is 664. The van der Waals surface area contributed by atoms with Crippen LogP contribution in [-0.2, 0) is 13.2 Å². The molecule has 0 radical (unpaired) electrons. The van der Waals surface area contributed by atoms with Gasteiger partial charge >= 0.3 is 0 Å². The molecule has 0 saturated carbocycles. The van der Waals surface area contributed by atoms with Crippen molar-refractivity contribution in [3.63, 3.8) is 0 Å².